The summed E-state index contributed by atoms with van der Waals surface area (Å²) in [5, 5.41) is 22.8. The number of ether oxygens (including phenoxy) is 1. The van der Waals surface area contributed by atoms with Gasteiger partial charge in [0, 0.05) is 24.3 Å². The van der Waals surface area contributed by atoms with E-state index in [1.54, 1.807) is 0 Å². The molecule has 130 valence electrons. The molecule has 0 aromatic carbocycles. The Hall–Kier alpha value is -3.16. The highest BCUT2D eigenvalue weighted by atomic mass is 16.5. The van der Waals surface area contributed by atoms with Gasteiger partial charge in [0.1, 0.15) is 0 Å². The highest BCUT2D eigenvalue weighted by molar-refractivity contribution is 5.81. The van der Waals surface area contributed by atoms with Crippen molar-refractivity contribution < 1.29 is 39.2 Å². The molecule has 0 aromatic rings. The predicted molar refractivity (Wildman–Crippen MR) is 84.9 cm³/mol. The number of esters is 1. The van der Waals surface area contributed by atoms with E-state index in [1.165, 1.54) is 0 Å². The van der Waals surface area contributed by atoms with Crippen molar-refractivity contribution >= 4 is 23.9 Å². The summed E-state index contributed by atoms with van der Waals surface area (Å²) in [5.74, 6) is -3.29. The van der Waals surface area contributed by atoms with Crippen LogP contribution in [0.25, 0.3) is 0 Å². The molecule has 0 rings (SSSR count). The Balaban J connectivity index is -0.000000108. The lowest BCUT2D eigenvalue weighted by atomic mass is 10.5. The van der Waals surface area contributed by atoms with Crippen LogP contribution in [-0.2, 0) is 23.9 Å². The van der Waals surface area contributed by atoms with Crippen LogP contribution in [0.4, 0.5) is 0 Å². The maximum absolute atomic E-state index is 10.2. The molecule has 0 aliphatic heterocycles. The molecule has 0 saturated heterocycles. The lowest BCUT2D eigenvalue weighted by molar-refractivity contribution is -0.138. The number of hydrogen-bond acceptors (Lipinski definition) is 5. The van der Waals surface area contributed by atoms with Crippen molar-refractivity contribution in [1.82, 2.24) is 0 Å². The van der Waals surface area contributed by atoms with Crippen LogP contribution in [0.15, 0.2) is 50.6 Å². The van der Waals surface area contributed by atoms with Crippen molar-refractivity contribution in [2.24, 2.45) is 0 Å². The van der Waals surface area contributed by atoms with Gasteiger partial charge in [-0.25, -0.2) is 19.2 Å². The Bertz CT molecular complexity index is 367. The zero-order valence-corrected chi connectivity index (χ0v) is 12.9. The van der Waals surface area contributed by atoms with Crippen LogP contribution < -0.4 is 0 Å². The summed E-state index contributed by atoms with van der Waals surface area (Å²) in [5.41, 5.74) is 0. The molecule has 0 aromatic heterocycles. The number of rotatable bonds is 6. The van der Waals surface area contributed by atoms with Gasteiger partial charge in [0.25, 0.3) is 0 Å². The van der Waals surface area contributed by atoms with Crippen molar-refractivity contribution in [2.45, 2.75) is 13.3 Å². The van der Waals surface area contributed by atoms with Crippen molar-refractivity contribution in [3.8, 4) is 0 Å². The number of carboxylic acids is 3. The van der Waals surface area contributed by atoms with Crippen molar-refractivity contribution in [1.29, 1.82) is 0 Å². The molecule has 8 heteroatoms. The first-order valence-corrected chi connectivity index (χ1v) is 5.97. The molecule has 23 heavy (non-hydrogen) atoms. The smallest absolute Gasteiger partial charge is 0.330 e. The fraction of sp³-hybridized carbons (Fsp3) is 0.200. The maximum Gasteiger partial charge on any atom is 0.330 e. The van der Waals surface area contributed by atoms with Crippen LogP contribution in [0.5, 0.6) is 0 Å². The quantitative estimate of drug-likeness (QED) is 0.496. The summed E-state index contributed by atoms with van der Waals surface area (Å²) in [6.45, 7) is 14.6. The van der Waals surface area contributed by atoms with Gasteiger partial charge in [-0.1, -0.05) is 33.2 Å². The monoisotopic (exact) mass is 330 g/mol. The Morgan fingerprint density at radius 3 is 1.17 bits per heavy atom. The van der Waals surface area contributed by atoms with Gasteiger partial charge in [0.2, 0.25) is 0 Å². The highest BCUT2D eigenvalue weighted by Crippen LogP contribution is 1.81. The normalized spacial score (nSPS) is 7.00. The molecular weight excluding hydrogens is 308 g/mol. The lowest BCUT2D eigenvalue weighted by Gasteiger charge is -1.94. The average molecular weight is 330 g/mol. The van der Waals surface area contributed by atoms with E-state index >= 15 is 0 Å². The summed E-state index contributed by atoms with van der Waals surface area (Å²) in [4.78, 5) is 38.0. The molecule has 0 atom stereocenters. The van der Waals surface area contributed by atoms with Gasteiger partial charge in [0.05, 0.1) is 6.61 Å². The number of carbonyl (C=O) groups excluding carboxylic acids is 1. The third kappa shape index (κ3) is 68.4. The van der Waals surface area contributed by atoms with Crippen LogP contribution >= 0.6 is 0 Å². The first kappa shape index (κ1) is 28.1. The predicted octanol–water partition coefficient (Wildman–Crippen LogP) is 1.90. The standard InChI is InChI=1S/C6H10O2.3C3H4O2/c1-3-5-8-6(7)4-2;3*1-2-3(4)5/h4H,2-3,5H2,1H3;3*2H,1H2,(H,4,5). The molecule has 0 aliphatic rings. The average Bonchev–Trinajstić information content (AvgIpc) is 2.53. The third-order valence-corrected chi connectivity index (χ3v) is 1.14. The van der Waals surface area contributed by atoms with Gasteiger partial charge in [-0.05, 0) is 6.42 Å². The number of hydrogen-bond donors (Lipinski definition) is 3. The summed E-state index contributed by atoms with van der Waals surface area (Å²) in [6.07, 6.45) is 4.52. The molecular formula is C15H22O8. The Labute approximate surface area is 134 Å². The van der Waals surface area contributed by atoms with Gasteiger partial charge >= 0.3 is 23.9 Å². The van der Waals surface area contributed by atoms with E-state index < -0.39 is 17.9 Å². The van der Waals surface area contributed by atoms with Gasteiger partial charge < -0.3 is 20.1 Å². The molecule has 0 spiro atoms. The summed E-state index contributed by atoms with van der Waals surface area (Å²) in [7, 11) is 0. The van der Waals surface area contributed by atoms with Gasteiger partial charge in [-0.3, -0.25) is 0 Å². The van der Waals surface area contributed by atoms with Gasteiger partial charge in [0.15, 0.2) is 0 Å². The third-order valence-electron chi connectivity index (χ3n) is 1.14. The molecule has 0 aliphatic carbocycles. The molecule has 0 saturated carbocycles. The molecule has 0 fully saturated rings. The Morgan fingerprint density at radius 2 is 1.04 bits per heavy atom. The minimum atomic E-state index is -0.981. The van der Waals surface area contributed by atoms with Crippen LogP contribution in [0.2, 0.25) is 0 Å². The molecule has 0 unspecified atom stereocenters. The van der Waals surface area contributed by atoms with E-state index in [-0.39, 0.29) is 5.97 Å². The zero-order valence-electron chi connectivity index (χ0n) is 12.9. The Kier molecular flexibility index (Phi) is 29.2. The number of carbonyl (C=O) groups is 4. The van der Waals surface area contributed by atoms with E-state index in [0.717, 1.165) is 30.7 Å². The fourth-order valence-electron chi connectivity index (χ4n) is 0.262. The minimum Gasteiger partial charge on any atom is -0.478 e. The van der Waals surface area contributed by atoms with Gasteiger partial charge in [-0.15, -0.1) is 0 Å². The second-order valence-corrected chi connectivity index (χ2v) is 3.00. The summed E-state index contributed by atoms with van der Waals surface area (Å²) in [6, 6.07) is 0. The van der Waals surface area contributed by atoms with E-state index in [2.05, 4.69) is 31.1 Å². The van der Waals surface area contributed by atoms with Crippen molar-refractivity contribution in [2.75, 3.05) is 6.61 Å². The fourth-order valence-corrected chi connectivity index (χ4v) is 0.262. The SMILES string of the molecule is C=CC(=O)O.C=CC(=O)O.C=CC(=O)O.C=CC(=O)OCCC. The largest absolute Gasteiger partial charge is 0.478 e. The maximum atomic E-state index is 10.2. The van der Waals surface area contributed by atoms with Crippen LogP contribution in [-0.4, -0.2) is 45.8 Å². The lowest BCUT2D eigenvalue weighted by Crippen LogP contribution is -1.99. The second-order valence-electron chi connectivity index (χ2n) is 3.00. The molecule has 8 nitrogen and oxygen atoms in total. The van der Waals surface area contributed by atoms with Crippen molar-refractivity contribution in [3.63, 3.8) is 0 Å². The zero-order chi connectivity index (χ0) is 19.3. The highest BCUT2D eigenvalue weighted by Gasteiger charge is 1.89. The number of aliphatic carboxylic acids is 3. The van der Waals surface area contributed by atoms with Gasteiger partial charge in [-0.2, -0.15) is 0 Å². The van der Waals surface area contributed by atoms with E-state index in [9.17, 15) is 19.2 Å². The minimum absolute atomic E-state index is 0.341. The van der Waals surface area contributed by atoms with Crippen molar-refractivity contribution in [3.05, 3.63) is 50.6 Å². The van der Waals surface area contributed by atoms with Crippen LogP contribution in [0, 0.1) is 0 Å². The molecule has 0 amide bonds. The topological polar surface area (TPSA) is 138 Å². The van der Waals surface area contributed by atoms with E-state index in [4.69, 9.17) is 15.3 Å². The van der Waals surface area contributed by atoms with E-state index in [0.29, 0.717) is 6.61 Å². The first-order valence-electron chi connectivity index (χ1n) is 5.97. The summed E-state index contributed by atoms with van der Waals surface area (Å²) < 4.78 is 4.58. The molecule has 0 radical (unpaired) electrons. The Morgan fingerprint density at radius 1 is 0.783 bits per heavy atom. The number of carboxylic acid groups (broad SMARTS) is 3. The van der Waals surface area contributed by atoms with Crippen LogP contribution in [0.3, 0.4) is 0 Å². The van der Waals surface area contributed by atoms with E-state index in [1.807, 2.05) is 6.92 Å². The molecule has 0 bridgehead atoms. The summed E-state index contributed by atoms with van der Waals surface area (Å²) >= 11 is 0. The second kappa shape index (κ2) is 23.9. The molecule has 0 heterocycles. The first-order chi connectivity index (χ1) is 10.6. The van der Waals surface area contributed by atoms with Crippen LogP contribution in [0.1, 0.15) is 13.3 Å². The molecule has 3 N–H and O–H groups in total.